The highest BCUT2D eigenvalue weighted by molar-refractivity contribution is 6.08. The van der Waals surface area contributed by atoms with Crippen LogP contribution in [0.1, 0.15) is 10.5 Å². The molecule has 31 heavy (non-hydrogen) atoms. The van der Waals surface area contributed by atoms with Gasteiger partial charge in [-0.25, -0.2) is 18.2 Å². The molecule has 1 amide bonds. The minimum absolute atomic E-state index is 0.00136. The molecule has 4 rings (SSSR count). The van der Waals surface area contributed by atoms with Crippen molar-refractivity contribution in [3.63, 3.8) is 0 Å². The first-order valence-electron chi connectivity index (χ1n) is 9.02. The fraction of sp³-hybridized carbons (Fsp3) is 0. The van der Waals surface area contributed by atoms with Gasteiger partial charge < -0.3 is 11.1 Å². The molecule has 0 fully saturated rings. The van der Waals surface area contributed by atoms with Crippen LogP contribution in [-0.2, 0) is 0 Å². The fourth-order valence-electron chi connectivity index (χ4n) is 3.04. The van der Waals surface area contributed by atoms with Gasteiger partial charge in [0, 0.05) is 23.5 Å². The van der Waals surface area contributed by atoms with Crippen molar-refractivity contribution in [1.82, 2.24) is 15.0 Å². The summed E-state index contributed by atoms with van der Waals surface area (Å²) in [6, 6.07) is 9.01. The van der Waals surface area contributed by atoms with Gasteiger partial charge in [0.05, 0.1) is 35.0 Å². The van der Waals surface area contributed by atoms with Crippen LogP contribution in [0.25, 0.3) is 22.4 Å². The number of nitrogen functional groups attached to an aromatic ring is 1. The van der Waals surface area contributed by atoms with E-state index in [1.165, 1.54) is 48.9 Å². The Bertz CT molecular complexity index is 1280. The molecule has 0 unspecified atom stereocenters. The monoisotopic (exact) mass is 421 g/mol. The second kappa shape index (κ2) is 8.23. The maximum atomic E-state index is 14.2. The third-order valence-corrected chi connectivity index (χ3v) is 4.49. The van der Waals surface area contributed by atoms with Gasteiger partial charge >= 0.3 is 0 Å². The van der Waals surface area contributed by atoms with E-state index < -0.39 is 23.4 Å². The van der Waals surface area contributed by atoms with Crippen LogP contribution in [-0.4, -0.2) is 20.9 Å². The number of nitrogens with one attached hydrogen (secondary N) is 1. The van der Waals surface area contributed by atoms with Crippen molar-refractivity contribution in [2.24, 2.45) is 0 Å². The van der Waals surface area contributed by atoms with Crippen molar-refractivity contribution in [2.45, 2.75) is 0 Å². The molecule has 6 nitrogen and oxygen atoms in total. The number of benzene rings is 1. The number of amides is 1. The molecule has 0 aliphatic rings. The predicted octanol–water partition coefficient (Wildman–Crippen LogP) is 4.46. The molecule has 3 N–H and O–H groups in total. The minimum Gasteiger partial charge on any atom is -0.397 e. The summed E-state index contributed by atoms with van der Waals surface area (Å²) in [5.74, 6) is -2.99. The summed E-state index contributed by atoms with van der Waals surface area (Å²) >= 11 is 0. The zero-order valence-electron chi connectivity index (χ0n) is 15.8. The summed E-state index contributed by atoms with van der Waals surface area (Å²) in [5, 5.41) is 2.58. The average Bonchev–Trinajstić information content (AvgIpc) is 2.75. The van der Waals surface area contributed by atoms with E-state index in [4.69, 9.17) is 5.73 Å². The standard InChI is InChI=1S/C22H14F3N5O/c23-14-2-1-3-15(24)20(14)18-5-4-17(26)21(29-18)22(31)30-19-11-28-9-7-13(19)12-6-8-27-10-16(12)25/h1-11H,26H2,(H,30,31). The van der Waals surface area contributed by atoms with Gasteiger partial charge in [-0.1, -0.05) is 6.07 Å². The molecule has 3 aromatic heterocycles. The average molecular weight is 421 g/mol. The van der Waals surface area contributed by atoms with Crippen LogP contribution < -0.4 is 11.1 Å². The highest BCUT2D eigenvalue weighted by Gasteiger charge is 2.19. The molecule has 154 valence electrons. The topological polar surface area (TPSA) is 93.8 Å². The maximum Gasteiger partial charge on any atom is 0.276 e. The molecule has 0 saturated carbocycles. The Morgan fingerprint density at radius 2 is 1.52 bits per heavy atom. The molecular formula is C22H14F3N5O. The molecule has 9 heteroatoms. The molecule has 0 radical (unpaired) electrons. The molecule has 0 atom stereocenters. The van der Waals surface area contributed by atoms with Crippen LogP contribution in [0, 0.1) is 17.5 Å². The van der Waals surface area contributed by atoms with Gasteiger partial charge in [-0.05, 0) is 36.4 Å². The van der Waals surface area contributed by atoms with Gasteiger partial charge in [0.15, 0.2) is 5.69 Å². The molecule has 4 aromatic rings. The molecule has 0 saturated heterocycles. The molecule has 0 aliphatic carbocycles. The summed E-state index contributed by atoms with van der Waals surface area (Å²) in [7, 11) is 0. The van der Waals surface area contributed by atoms with Gasteiger partial charge in [-0.15, -0.1) is 0 Å². The number of nitrogens with two attached hydrogens (primary N) is 1. The number of nitrogens with zero attached hydrogens (tertiary/aromatic N) is 3. The quantitative estimate of drug-likeness (QED) is 0.508. The zero-order chi connectivity index (χ0) is 22.0. The van der Waals surface area contributed by atoms with E-state index in [1.54, 1.807) is 0 Å². The van der Waals surface area contributed by atoms with E-state index in [-0.39, 0.29) is 33.9 Å². The highest BCUT2D eigenvalue weighted by atomic mass is 19.1. The predicted molar refractivity (Wildman–Crippen MR) is 109 cm³/mol. The van der Waals surface area contributed by atoms with E-state index in [9.17, 15) is 18.0 Å². The van der Waals surface area contributed by atoms with Crippen molar-refractivity contribution in [3.05, 3.63) is 90.4 Å². The number of hydrogen-bond acceptors (Lipinski definition) is 5. The summed E-state index contributed by atoms with van der Waals surface area (Å²) in [4.78, 5) is 24.6. The Morgan fingerprint density at radius 1 is 0.839 bits per heavy atom. The van der Waals surface area contributed by atoms with Crippen molar-refractivity contribution >= 4 is 17.3 Å². The van der Waals surface area contributed by atoms with E-state index in [0.29, 0.717) is 5.56 Å². The van der Waals surface area contributed by atoms with Crippen LogP contribution in [0.15, 0.2) is 67.3 Å². The second-order valence-electron chi connectivity index (χ2n) is 6.46. The Balaban J connectivity index is 1.72. The van der Waals surface area contributed by atoms with Crippen molar-refractivity contribution in [2.75, 3.05) is 11.1 Å². The van der Waals surface area contributed by atoms with Gasteiger partial charge in [0.1, 0.15) is 17.5 Å². The molecule has 0 bridgehead atoms. The lowest BCUT2D eigenvalue weighted by Crippen LogP contribution is -2.17. The van der Waals surface area contributed by atoms with Crippen LogP contribution in [0.2, 0.25) is 0 Å². The number of carbonyl (C=O) groups excluding carboxylic acids is 1. The van der Waals surface area contributed by atoms with E-state index in [0.717, 1.165) is 18.3 Å². The third-order valence-electron chi connectivity index (χ3n) is 4.49. The maximum absolute atomic E-state index is 14.2. The first-order chi connectivity index (χ1) is 15.0. The first kappa shape index (κ1) is 20.0. The smallest absolute Gasteiger partial charge is 0.276 e. The second-order valence-corrected chi connectivity index (χ2v) is 6.46. The normalized spacial score (nSPS) is 10.7. The third kappa shape index (κ3) is 3.93. The number of pyridine rings is 3. The Kier molecular flexibility index (Phi) is 5.31. The lowest BCUT2D eigenvalue weighted by molar-refractivity contribution is 0.102. The number of carbonyl (C=O) groups is 1. The number of anilines is 2. The molecule has 0 aliphatic heterocycles. The number of rotatable bonds is 4. The van der Waals surface area contributed by atoms with Crippen molar-refractivity contribution in [1.29, 1.82) is 0 Å². The van der Waals surface area contributed by atoms with Crippen LogP contribution in [0.3, 0.4) is 0 Å². The Hall–Kier alpha value is -4.27. The molecular weight excluding hydrogens is 407 g/mol. The summed E-state index contributed by atoms with van der Waals surface area (Å²) < 4.78 is 42.5. The van der Waals surface area contributed by atoms with Gasteiger partial charge in [0.2, 0.25) is 0 Å². The molecule has 1 aromatic carbocycles. The summed E-state index contributed by atoms with van der Waals surface area (Å²) in [6.45, 7) is 0. The highest BCUT2D eigenvalue weighted by Crippen LogP contribution is 2.30. The minimum atomic E-state index is -0.827. The Morgan fingerprint density at radius 3 is 2.23 bits per heavy atom. The van der Waals surface area contributed by atoms with Gasteiger partial charge in [0.25, 0.3) is 5.91 Å². The van der Waals surface area contributed by atoms with Gasteiger partial charge in [-0.3, -0.25) is 14.8 Å². The van der Waals surface area contributed by atoms with Crippen molar-refractivity contribution < 1.29 is 18.0 Å². The van der Waals surface area contributed by atoms with Crippen LogP contribution >= 0.6 is 0 Å². The number of hydrogen-bond donors (Lipinski definition) is 2. The van der Waals surface area contributed by atoms with Gasteiger partial charge in [-0.2, -0.15) is 0 Å². The van der Waals surface area contributed by atoms with E-state index in [1.807, 2.05) is 0 Å². The summed E-state index contributed by atoms with van der Waals surface area (Å²) in [6.07, 6.45) is 5.24. The SMILES string of the molecule is Nc1ccc(-c2c(F)cccc2F)nc1C(=O)Nc1cnccc1-c1ccncc1F. The molecule has 0 spiro atoms. The number of aromatic nitrogens is 3. The van der Waals surface area contributed by atoms with Crippen LogP contribution in [0.4, 0.5) is 24.5 Å². The van der Waals surface area contributed by atoms with Crippen molar-refractivity contribution in [3.8, 4) is 22.4 Å². The van der Waals surface area contributed by atoms with E-state index in [2.05, 4.69) is 20.3 Å². The van der Waals surface area contributed by atoms with E-state index >= 15 is 0 Å². The fourth-order valence-corrected chi connectivity index (χ4v) is 3.04. The Labute approximate surface area is 174 Å². The zero-order valence-corrected chi connectivity index (χ0v) is 15.8. The molecule has 3 heterocycles. The lowest BCUT2D eigenvalue weighted by Gasteiger charge is -2.13. The lowest BCUT2D eigenvalue weighted by atomic mass is 10.1. The summed E-state index contributed by atoms with van der Waals surface area (Å²) in [5.41, 5.74) is 5.92. The largest absolute Gasteiger partial charge is 0.397 e. The number of halogens is 3. The first-order valence-corrected chi connectivity index (χ1v) is 9.02. The van der Waals surface area contributed by atoms with Crippen LogP contribution in [0.5, 0.6) is 0 Å².